The summed E-state index contributed by atoms with van der Waals surface area (Å²) in [7, 11) is 0. The number of benzene rings is 2. The van der Waals surface area contributed by atoms with Crippen molar-refractivity contribution in [3.63, 3.8) is 0 Å². The molecule has 5 nitrogen and oxygen atoms in total. The number of hydrogen-bond donors (Lipinski definition) is 1. The second-order valence-corrected chi connectivity index (χ2v) is 10.7. The first-order valence-corrected chi connectivity index (χ1v) is 13.5. The summed E-state index contributed by atoms with van der Waals surface area (Å²) in [5.41, 5.74) is 0.0209. The fourth-order valence-corrected chi connectivity index (χ4v) is 5.94. The highest BCUT2D eigenvalue weighted by Crippen LogP contribution is 2.38. The largest absolute Gasteiger partial charge is 0.416 e. The molecule has 0 spiro atoms. The molecule has 1 saturated heterocycles. The Balaban J connectivity index is 1.38. The van der Waals surface area contributed by atoms with Gasteiger partial charge in [0.15, 0.2) is 0 Å². The van der Waals surface area contributed by atoms with E-state index in [0.717, 1.165) is 27.7 Å². The summed E-state index contributed by atoms with van der Waals surface area (Å²) in [6.45, 7) is 0.521. The fraction of sp³-hybridized carbons (Fsp3) is 0.290. The Kier molecular flexibility index (Phi) is 6.98. The van der Waals surface area contributed by atoms with Crippen LogP contribution in [0.3, 0.4) is 0 Å². The maximum absolute atomic E-state index is 13.9. The van der Waals surface area contributed by atoms with Crippen LogP contribution in [0, 0.1) is 0 Å². The number of hydrogen-bond acceptors (Lipinski definition) is 3. The Hall–Kier alpha value is -4.28. The molecule has 4 heterocycles. The number of pyridine rings is 1. The second-order valence-electron chi connectivity index (χ2n) is 10.7. The van der Waals surface area contributed by atoms with Gasteiger partial charge < -0.3 is 14.8 Å². The van der Waals surface area contributed by atoms with Gasteiger partial charge >= 0.3 is 12.4 Å². The molecule has 2 unspecified atom stereocenters. The molecule has 0 aliphatic carbocycles. The number of fused-ring (bicyclic) bond motifs is 2. The van der Waals surface area contributed by atoms with Gasteiger partial charge in [0.2, 0.25) is 0 Å². The maximum atomic E-state index is 13.9. The van der Waals surface area contributed by atoms with E-state index in [1.807, 2.05) is 54.9 Å². The topological polar surface area (TPSA) is 52.2 Å². The molecule has 0 saturated carbocycles. The number of rotatable bonds is 4. The number of nitrogens with zero attached hydrogens (tertiary/aromatic N) is 3. The van der Waals surface area contributed by atoms with Crippen molar-refractivity contribution in [2.24, 2.45) is 0 Å². The Labute approximate surface area is 237 Å². The number of alkyl halides is 6. The summed E-state index contributed by atoms with van der Waals surface area (Å²) in [6, 6.07) is 13.7. The smallest absolute Gasteiger partial charge is 0.370 e. The summed E-state index contributed by atoms with van der Waals surface area (Å²) in [5, 5.41) is 0.939. The number of piperazine rings is 1. The number of para-hydroxylation sites is 1. The monoisotopic (exact) mass is 584 g/mol. The number of H-pyrrole nitrogens is 1. The molecule has 0 radical (unpaired) electrons. The molecule has 4 aromatic rings. The molecule has 2 aliphatic rings. The highest BCUT2D eigenvalue weighted by molar-refractivity contribution is 5.95. The summed E-state index contributed by atoms with van der Waals surface area (Å²) < 4.78 is 81.6. The molecule has 2 aliphatic heterocycles. The lowest BCUT2D eigenvalue weighted by molar-refractivity contribution is -0.143. The zero-order valence-corrected chi connectivity index (χ0v) is 22.2. The minimum atomic E-state index is -5.05. The molecular weight excluding hydrogens is 558 g/mol. The van der Waals surface area contributed by atoms with Crippen LogP contribution in [0.4, 0.5) is 26.3 Å². The molecule has 2 atom stereocenters. The van der Waals surface area contributed by atoms with Crippen molar-refractivity contribution in [2.45, 2.75) is 43.7 Å². The number of aromatic amines is 1. The molecule has 2 aromatic heterocycles. The van der Waals surface area contributed by atoms with E-state index in [1.165, 1.54) is 4.90 Å². The Morgan fingerprint density at radius 2 is 1.64 bits per heavy atom. The predicted molar refractivity (Wildman–Crippen MR) is 145 cm³/mol. The lowest BCUT2D eigenvalue weighted by atomic mass is 9.91. The third-order valence-electron chi connectivity index (χ3n) is 8.03. The van der Waals surface area contributed by atoms with E-state index in [2.05, 4.69) is 14.9 Å². The molecule has 1 fully saturated rings. The van der Waals surface area contributed by atoms with Gasteiger partial charge in [-0.2, -0.15) is 26.3 Å². The van der Waals surface area contributed by atoms with Gasteiger partial charge in [-0.15, -0.1) is 0 Å². The normalized spacial score (nSPS) is 19.5. The number of carbonyl (C=O) groups is 1. The Morgan fingerprint density at radius 1 is 0.929 bits per heavy atom. The van der Waals surface area contributed by atoms with Crippen molar-refractivity contribution in [3.8, 4) is 0 Å². The summed E-state index contributed by atoms with van der Waals surface area (Å²) in [4.78, 5) is 25.1. The van der Waals surface area contributed by atoms with Gasteiger partial charge in [0.05, 0.1) is 22.9 Å². The van der Waals surface area contributed by atoms with E-state index < -0.39 is 41.0 Å². The van der Waals surface area contributed by atoms with E-state index in [0.29, 0.717) is 37.9 Å². The molecule has 6 rings (SSSR count). The molecule has 42 heavy (non-hydrogen) atoms. The lowest BCUT2D eigenvalue weighted by Gasteiger charge is -2.48. The number of nitrogens with one attached hydrogen (secondary N) is 1. The SMILES string of the molecule is O=C(c1cc(C(F)(F)F)cc(C(F)(F)F)c1)N1CC2CCC(c3ccccn3)=CN2CC1Cc1c[nH]c2ccccc12. The van der Waals surface area contributed by atoms with Crippen LogP contribution < -0.4 is 0 Å². The van der Waals surface area contributed by atoms with Gasteiger partial charge in [-0.25, -0.2) is 0 Å². The quantitative estimate of drug-likeness (QED) is 0.259. The average Bonchev–Trinajstić information content (AvgIpc) is 3.38. The second kappa shape index (κ2) is 10.5. The number of allylic oxidation sites excluding steroid dienone is 1. The first kappa shape index (κ1) is 27.9. The first-order valence-electron chi connectivity index (χ1n) is 13.5. The number of carbonyl (C=O) groups excluding carboxylic acids is 1. The van der Waals surface area contributed by atoms with Crippen molar-refractivity contribution in [3.05, 3.63) is 107 Å². The molecule has 11 heteroatoms. The Morgan fingerprint density at radius 3 is 2.33 bits per heavy atom. The average molecular weight is 585 g/mol. The molecular formula is C31H26F6N4O. The van der Waals surface area contributed by atoms with E-state index in [-0.39, 0.29) is 18.7 Å². The minimum absolute atomic E-state index is 0.0449. The lowest BCUT2D eigenvalue weighted by Crippen LogP contribution is -2.59. The van der Waals surface area contributed by atoms with Crippen LogP contribution in [-0.2, 0) is 18.8 Å². The zero-order chi connectivity index (χ0) is 29.6. The summed E-state index contributed by atoms with van der Waals surface area (Å²) in [5.74, 6) is -0.851. The van der Waals surface area contributed by atoms with E-state index in [4.69, 9.17) is 0 Å². The predicted octanol–water partition coefficient (Wildman–Crippen LogP) is 7.17. The van der Waals surface area contributed by atoms with Crippen LogP contribution in [0.5, 0.6) is 0 Å². The van der Waals surface area contributed by atoms with Gasteiger partial charge in [0.25, 0.3) is 5.91 Å². The minimum Gasteiger partial charge on any atom is -0.370 e. The maximum Gasteiger partial charge on any atom is 0.416 e. The fourth-order valence-electron chi connectivity index (χ4n) is 5.94. The highest BCUT2D eigenvalue weighted by atomic mass is 19.4. The molecule has 0 bridgehead atoms. The first-order chi connectivity index (χ1) is 20.0. The molecule has 1 N–H and O–H groups in total. The Bertz CT molecular complexity index is 1610. The number of aromatic nitrogens is 2. The third-order valence-corrected chi connectivity index (χ3v) is 8.03. The van der Waals surface area contributed by atoms with E-state index in [1.54, 1.807) is 6.20 Å². The summed E-state index contributed by atoms with van der Waals surface area (Å²) in [6.07, 6.45) is -2.84. The van der Waals surface area contributed by atoms with Crippen molar-refractivity contribution >= 4 is 22.4 Å². The molecule has 218 valence electrons. The van der Waals surface area contributed by atoms with Crippen LogP contribution in [0.1, 0.15) is 45.6 Å². The standard InChI is InChI=1S/C31H26F6N4O/c32-30(33,34)22-11-20(12-23(14-22)31(35,36)37)29(42)41-18-24-9-8-19(27-6-3-4-10-38-27)16-40(24)17-25(41)13-21-15-39-28-7-2-1-5-26(21)28/h1-7,10-12,14-16,24-25,39H,8-9,13,17-18H2. The van der Waals surface area contributed by atoms with Crippen LogP contribution in [0.2, 0.25) is 0 Å². The molecule has 1 amide bonds. The van der Waals surface area contributed by atoms with Crippen molar-refractivity contribution in [1.82, 2.24) is 19.8 Å². The van der Waals surface area contributed by atoms with Crippen LogP contribution >= 0.6 is 0 Å². The van der Waals surface area contributed by atoms with Gasteiger partial charge in [-0.05, 0) is 66.8 Å². The number of amides is 1. The van der Waals surface area contributed by atoms with E-state index in [9.17, 15) is 31.1 Å². The van der Waals surface area contributed by atoms with Crippen LogP contribution in [-0.4, -0.2) is 50.8 Å². The van der Waals surface area contributed by atoms with Crippen LogP contribution in [0.15, 0.2) is 79.3 Å². The molecule has 2 aromatic carbocycles. The van der Waals surface area contributed by atoms with Gasteiger partial charge in [0, 0.05) is 54.2 Å². The zero-order valence-electron chi connectivity index (χ0n) is 22.2. The van der Waals surface area contributed by atoms with Crippen molar-refractivity contribution in [1.29, 1.82) is 0 Å². The van der Waals surface area contributed by atoms with E-state index >= 15 is 0 Å². The van der Waals surface area contributed by atoms with Gasteiger partial charge in [-0.1, -0.05) is 24.3 Å². The van der Waals surface area contributed by atoms with Crippen molar-refractivity contribution < 1.29 is 31.1 Å². The van der Waals surface area contributed by atoms with Crippen LogP contribution in [0.25, 0.3) is 16.5 Å². The third kappa shape index (κ3) is 5.47. The number of halogens is 6. The van der Waals surface area contributed by atoms with Crippen molar-refractivity contribution in [2.75, 3.05) is 13.1 Å². The summed E-state index contributed by atoms with van der Waals surface area (Å²) >= 11 is 0. The highest BCUT2D eigenvalue weighted by Gasteiger charge is 2.41. The van der Waals surface area contributed by atoms with Gasteiger partial charge in [0.1, 0.15) is 0 Å². The van der Waals surface area contributed by atoms with Gasteiger partial charge in [-0.3, -0.25) is 9.78 Å².